The Bertz CT molecular complexity index is 786. The largest absolute Gasteiger partial charge is 0.434 e. The minimum Gasteiger partial charge on any atom is -0.434 e. The van der Waals surface area contributed by atoms with Crippen LogP contribution in [0.3, 0.4) is 0 Å². The van der Waals surface area contributed by atoms with Gasteiger partial charge in [0.1, 0.15) is 11.3 Å². The lowest BCUT2D eigenvalue weighted by Gasteiger charge is -1.99. The van der Waals surface area contributed by atoms with Crippen molar-refractivity contribution in [3.63, 3.8) is 0 Å². The summed E-state index contributed by atoms with van der Waals surface area (Å²) in [6.07, 6.45) is 0. The molecule has 6 heteroatoms. The van der Waals surface area contributed by atoms with Crippen LogP contribution in [0.4, 0.5) is 10.1 Å². The van der Waals surface area contributed by atoms with E-state index < -0.39 is 0 Å². The Morgan fingerprint density at radius 3 is 2.68 bits per heavy atom. The third-order valence-electron chi connectivity index (χ3n) is 2.65. The number of hydrogen-bond acceptors (Lipinski definition) is 3. The number of halogens is 3. The highest BCUT2D eigenvalue weighted by atomic mass is 79.9. The maximum absolute atomic E-state index is 13.1. The standard InChI is InChI=1S/C13H7Br2FN2O/c14-6-3-10(17)12-11(4-6)18-13(19-12)8-2-1-7(16)5-9(8)15/h1-5H,17H2. The first kappa shape index (κ1) is 12.6. The predicted octanol–water partition coefficient (Wildman–Crippen LogP) is 4.74. The number of nitrogen functional groups attached to an aromatic ring is 1. The molecule has 0 aliphatic rings. The van der Waals surface area contributed by atoms with Crippen LogP contribution in [0, 0.1) is 5.82 Å². The molecule has 0 atom stereocenters. The van der Waals surface area contributed by atoms with E-state index in [1.807, 2.05) is 6.07 Å². The van der Waals surface area contributed by atoms with Gasteiger partial charge in [0.2, 0.25) is 5.89 Å². The maximum atomic E-state index is 13.1. The van der Waals surface area contributed by atoms with E-state index in [2.05, 4.69) is 36.8 Å². The summed E-state index contributed by atoms with van der Waals surface area (Å²) < 4.78 is 20.1. The Kier molecular flexibility index (Phi) is 3.06. The predicted molar refractivity (Wildman–Crippen MR) is 79.2 cm³/mol. The van der Waals surface area contributed by atoms with Crippen LogP contribution in [0.2, 0.25) is 0 Å². The number of aromatic nitrogens is 1. The smallest absolute Gasteiger partial charge is 0.228 e. The van der Waals surface area contributed by atoms with E-state index in [-0.39, 0.29) is 5.82 Å². The minimum absolute atomic E-state index is 0.325. The Hall–Kier alpha value is -1.40. The molecule has 0 radical (unpaired) electrons. The van der Waals surface area contributed by atoms with Crippen molar-refractivity contribution < 1.29 is 8.81 Å². The van der Waals surface area contributed by atoms with Crippen LogP contribution in [-0.4, -0.2) is 4.98 Å². The van der Waals surface area contributed by atoms with Crippen molar-refractivity contribution in [2.45, 2.75) is 0 Å². The zero-order valence-electron chi connectivity index (χ0n) is 9.45. The molecule has 0 amide bonds. The van der Waals surface area contributed by atoms with Crippen LogP contribution >= 0.6 is 31.9 Å². The third-order valence-corrected chi connectivity index (χ3v) is 3.76. The highest BCUT2D eigenvalue weighted by Gasteiger charge is 2.14. The summed E-state index contributed by atoms with van der Waals surface area (Å²) >= 11 is 6.65. The third kappa shape index (κ3) is 2.26. The number of fused-ring (bicyclic) bond motifs is 1. The molecular weight excluding hydrogens is 379 g/mol. The fourth-order valence-corrected chi connectivity index (χ4v) is 2.78. The van der Waals surface area contributed by atoms with E-state index in [4.69, 9.17) is 10.2 Å². The van der Waals surface area contributed by atoms with Gasteiger partial charge in [0.25, 0.3) is 0 Å². The Morgan fingerprint density at radius 1 is 1.16 bits per heavy atom. The van der Waals surface area contributed by atoms with Crippen molar-refractivity contribution in [1.29, 1.82) is 0 Å². The van der Waals surface area contributed by atoms with E-state index in [1.54, 1.807) is 12.1 Å². The van der Waals surface area contributed by atoms with Crippen molar-refractivity contribution in [2.75, 3.05) is 5.73 Å². The summed E-state index contributed by atoms with van der Waals surface area (Å²) in [5.41, 5.74) is 8.22. The molecule has 0 saturated carbocycles. The lowest BCUT2D eigenvalue weighted by molar-refractivity contribution is 0.616. The van der Waals surface area contributed by atoms with Crippen molar-refractivity contribution in [2.24, 2.45) is 0 Å². The SMILES string of the molecule is Nc1cc(Br)cc2nc(-c3ccc(F)cc3Br)oc12. The molecule has 2 aromatic carbocycles. The van der Waals surface area contributed by atoms with Crippen LogP contribution in [-0.2, 0) is 0 Å². The van der Waals surface area contributed by atoms with Crippen LogP contribution in [0.1, 0.15) is 0 Å². The molecule has 0 spiro atoms. The molecule has 0 aliphatic heterocycles. The first-order valence-electron chi connectivity index (χ1n) is 5.35. The Balaban J connectivity index is 2.23. The number of benzene rings is 2. The molecule has 0 fully saturated rings. The Morgan fingerprint density at radius 2 is 1.95 bits per heavy atom. The maximum Gasteiger partial charge on any atom is 0.228 e. The molecule has 19 heavy (non-hydrogen) atoms. The van der Waals surface area contributed by atoms with Gasteiger partial charge < -0.3 is 10.2 Å². The number of nitrogens with two attached hydrogens (primary N) is 1. The summed E-state index contributed by atoms with van der Waals surface area (Å²) in [5, 5.41) is 0. The quantitative estimate of drug-likeness (QED) is 0.615. The van der Waals surface area contributed by atoms with Crippen molar-refractivity contribution >= 4 is 48.6 Å². The Labute approximate surface area is 124 Å². The van der Waals surface area contributed by atoms with Gasteiger partial charge in [0.05, 0.1) is 11.3 Å². The number of hydrogen-bond donors (Lipinski definition) is 1. The summed E-state index contributed by atoms with van der Waals surface area (Å²) in [5.74, 6) is 0.0701. The zero-order chi connectivity index (χ0) is 13.6. The number of nitrogens with zero attached hydrogens (tertiary/aromatic N) is 1. The van der Waals surface area contributed by atoms with Crippen LogP contribution in [0.15, 0.2) is 43.7 Å². The zero-order valence-corrected chi connectivity index (χ0v) is 12.6. The van der Waals surface area contributed by atoms with E-state index in [1.165, 1.54) is 12.1 Å². The van der Waals surface area contributed by atoms with Crippen LogP contribution in [0.25, 0.3) is 22.6 Å². The van der Waals surface area contributed by atoms with Gasteiger partial charge in [0, 0.05) is 8.95 Å². The monoisotopic (exact) mass is 384 g/mol. The van der Waals surface area contributed by atoms with Crippen molar-refractivity contribution in [1.82, 2.24) is 4.98 Å². The molecule has 1 aromatic heterocycles. The van der Waals surface area contributed by atoms with Gasteiger partial charge in [-0.15, -0.1) is 0 Å². The second-order valence-electron chi connectivity index (χ2n) is 3.99. The molecule has 0 aliphatic carbocycles. The second-order valence-corrected chi connectivity index (χ2v) is 5.76. The molecule has 2 N–H and O–H groups in total. The fourth-order valence-electron chi connectivity index (χ4n) is 1.80. The van der Waals surface area contributed by atoms with E-state index in [0.717, 1.165) is 4.47 Å². The summed E-state index contributed by atoms with van der Waals surface area (Å²) in [4.78, 5) is 4.37. The number of rotatable bonds is 1. The lowest BCUT2D eigenvalue weighted by Crippen LogP contribution is -1.84. The number of anilines is 1. The van der Waals surface area contributed by atoms with Crippen molar-refractivity contribution in [3.8, 4) is 11.5 Å². The highest BCUT2D eigenvalue weighted by Crippen LogP contribution is 2.33. The van der Waals surface area contributed by atoms with Gasteiger partial charge in [-0.2, -0.15) is 0 Å². The second kappa shape index (κ2) is 4.61. The van der Waals surface area contributed by atoms with Gasteiger partial charge in [-0.3, -0.25) is 0 Å². The molecular formula is C13H7Br2FN2O. The molecule has 3 nitrogen and oxygen atoms in total. The summed E-state index contributed by atoms with van der Waals surface area (Å²) in [6, 6.07) is 7.89. The lowest BCUT2D eigenvalue weighted by atomic mass is 10.2. The number of oxazole rings is 1. The molecule has 96 valence electrons. The van der Waals surface area contributed by atoms with E-state index in [0.29, 0.717) is 32.7 Å². The van der Waals surface area contributed by atoms with Crippen molar-refractivity contribution in [3.05, 3.63) is 45.1 Å². The average molecular weight is 386 g/mol. The highest BCUT2D eigenvalue weighted by molar-refractivity contribution is 9.10. The first-order valence-corrected chi connectivity index (χ1v) is 6.94. The summed E-state index contributed by atoms with van der Waals surface area (Å²) in [6.45, 7) is 0. The van der Waals surface area contributed by atoms with Gasteiger partial charge in [-0.05, 0) is 46.3 Å². The van der Waals surface area contributed by atoms with Gasteiger partial charge in [-0.1, -0.05) is 15.9 Å². The molecule has 0 unspecified atom stereocenters. The molecule has 0 saturated heterocycles. The van der Waals surface area contributed by atoms with Gasteiger partial charge in [-0.25, -0.2) is 9.37 Å². The van der Waals surface area contributed by atoms with E-state index >= 15 is 0 Å². The summed E-state index contributed by atoms with van der Waals surface area (Å²) in [7, 11) is 0. The van der Waals surface area contributed by atoms with Gasteiger partial charge in [0.15, 0.2) is 5.58 Å². The fraction of sp³-hybridized carbons (Fsp3) is 0. The van der Waals surface area contributed by atoms with Crippen LogP contribution < -0.4 is 5.73 Å². The topological polar surface area (TPSA) is 52.0 Å². The van der Waals surface area contributed by atoms with E-state index in [9.17, 15) is 4.39 Å². The molecule has 0 bridgehead atoms. The molecule has 3 aromatic rings. The van der Waals surface area contributed by atoms with Crippen LogP contribution in [0.5, 0.6) is 0 Å². The minimum atomic E-state index is -0.325. The normalized spacial score (nSPS) is 11.1. The van der Waals surface area contributed by atoms with Gasteiger partial charge >= 0.3 is 0 Å². The first-order chi connectivity index (χ1) is 9.04. The molecule has 3 rings (SSSR count). The molecule has 1 heterocycles. The average Bonchev–Trinajstić information content (AvgIpc) is 2.72.